The molecule has 0 heterocycles. The molecule has 2 N–H and O–H groups in total. The molecule has 0 spiro atoms. The monoisotopic (exact) mass is 273 g/mol. The lowest BCUT2D eigenvalue weighted by Crippen LogP contribution is -2.27. The first-order valence-corrected chi connectivity index (χ1v) is 6.75. The van der Waals surface area contributed by atoms with Gasteiger partial charge in [-0.2, -0.15) is 0 Å². The average molecular weight is 274 g/mol. The number of benzene rings is 1. The Hall–Kier alpha value is -0.280. The molecule has 2 rings (SSSR count). The van der Waals surface area contributed by atoms with Crippen molar-refractivity contribution >= 4 is 23.2 Å². The van der Waals surface area contributed by atoms with Crippen molar-refractivity contribution in [3.05, 3.63) is 33.8 Å². The summed E-state index contributed by atoms with van der Waals surface area (Å²) in [6.45, 7) is 1.53. The first kappa shape index (κ1) is 13.2. The zero-order valence-electron chi connectivity index (χ0n) is 9.63. The normalized spacial score (nSPS) is 24.2. The molecule has 1 fully saturated rings. The second-order valence-corrected chi connectivity index (χ2v) is 5.39. The number of aliphatic hydroxyl groups excluding tert-OH is 1. The molecule has 0 saturated heterocycles. The lowest BCUT2D eigenvalue weighted by molar-refractivity contribution is 0.131. The minimum atomic E-state index is -0.141. The fraction of sp³-hybridized carbons (Fsp3) is 0.538. The summed E-state index contributed by atoms with van der Waals surface area (Å²) in [5.74, 6) is 0.382. The van der Waals surface area contributed by atoms with Crippen molar-refractivity contribution < 1.29 is 5.11 Å². The van der Waals surface area contributed by atoms with Gasteiger partial charge in [-0.25, -0.2) is 0 Å². The second-order valence-electron chi connectivity index (χ2n) is 4.60. The summed E-state index contributed by atoms with van der Waals surface area (Å²) in [4.78, 5) is 0. The number of halogens is 2. The lowest BCUT2D eigenvalue weighted by atomic mass is 10.1. The summed E-state index contributed by atoms with van der Waals surface area (Å²) >= 11 is 12.0. The highest BCUT2D eigenvalue weighted by Gasteiger charge is 2.24. The Morgan fingerprint density at radius 2 is 2.12 bits per heavy atom. The molecule has 1 aliphatic carbocycles. The van der Waals surface area contributed by atoms with Crippen molar-refractivity contribution in [2.45, 2.75) is 31.9 Å². The molecular formula is C13H17Cl2NO. The van der Waals surface area contributed by atoms with E-state index in [1.807, 2.05) is 12.1 Å². The highest BCUT2D eigenvalue weighted by Crippen LogP contribution is 2.26. The Morgan fingerprint density at radius 3 is 2.82 bits per heavy atom. The quantitative estimate of drug-likeness (QED) is 0.883. The molecule has 2 nitrogen and oxygen atoms in total. The molecule has 1 aromatic carbocycles. The van der Waals surface area contributed by atoms with Gasteiger partial charge in [0.25, 0.3) is 0 Å². The van der Waals surface area contributed by atoms with E-state index in [1.54, 1.807) is 6.07 Å². The molecule has 2 atom stereocenters. The summed E-state index contributed by atoms with van der Waals surface area (Å²) in [5, 5.41) is 14.2. The standard InChI is InChI=1S/C13H17Cl2NO/c14-11-5-1-4-10(13(11)15)8-16-7-9-3-2-6-12(9)17/h1,4-5,9,12,16-17H,2-3,6-8H2. The summed E-state index contributed by atoms with van der Waals surface area (Å²) in [5.41, 5.74) is 1.01. The highest BCUT2D eigenvalue weighted by molar-refractivity contribution is 6.42. The number of aliphatic hydroxyl groups is 1. The van der Waals surface area contributed by atoms with E-state index >= 15 is 0 Å². The minimum absolute atomic E-state index is 0.141. The third-order valence-corrected chi connectivity index (χ3v) is 4.23. The Morgan fingerprint density at radius 1 is 1.29 bits per heavy atom. The Bertz CT molecular complexity index is 384. The number of nitrogens with one attached hydrogen (secondary N) is 1. The molecule has 94 valence electrons. The fourth-order valence-electron chi connectivity index (χ4n) is 2.33. The summed E-state index contributed by atoms with van der Waals surface area (Å²) in [6, 6.07) is 5.65. The molecule has 1 aromatic rings. The zero-order chi connectivity index (χ0) is 12.3. The van der Waals surface area contributed by atoms with E-state index in [0.717, 1.165) is 31.4 Å². The van der Waals surface area contributed by atoms with Crippen molar-refractivity contribution in [3.63, 3.8) is 0 Å². The first-order valence-electron chi connectivity index (χ1n) is 6.00. The maximum atomic E-state index is 9.70. The van der Waals surface area contributed by atoms with Gasteiger partial charge in [0.2, 0.25) is 0 Å². The van der Waals surface area contributed by atoms with Gasteiger partial charge in [0.1, 0.15) is 0 Å². The van der Waals surface area contributed by atoms with Crippen LogP contribution in [-0.2, 0) is 6.54 Å². The fourth-order valence-corrected chi connectivity index (χ4v) is 2.72. The Labute approximate surface area is 112 Å². The van der Waals surface area contributed by atoms with Crippen molar-refractivity contribution in [3.8, 4) is 0 Å². The van der Waals surface area contributed by atoms with Gasteiger partial charge in [-0.15, -0.1) is 0 Å². The topological polar surface area (TPSA) is 32.3 Å². The van der Waals surface area contributed by atoms with Crippen LogP contribution >= 0.6 is 23.2 Å². The van der Waals surface area contributed by atoms with Crippen LogP contribution < -0.4 is 5.32 Å². The molecule has 1 saturated carbocycles. The number of hydrogen-bond donors (Lipinski definition) is 2. The molecule has 0 amide bonds. The van der Waals surface area contributed by atoms with Gasteiger partial charge in [-0.05, 0) is 30.4 Å². The Kier molecular flexibility index (Phi) is 4.69. The maximum absolute atomic E-state index is 9.70. The summed E-state index contributed by atoms with van der Waals surface area (Å²) in [6.07, 6.45) is 3.03. The van der Waals surface area contributed by atoms with E-state index in [1.165, 1.54) is 0 Å². The van der Waals surface area contributed by atoms with Crippen LogP contribution in [0.15, 0.2) is 18.2 Å². The molecular weight excluding hydrogens is 257 g/mol. The molecule has 0 aromatic heterocycles. The van der Waals surface area contributed by atoms with E-state index in [9.17, 15) is 5.11 Å². The molecule has 2 unspecified atom stereocenters. The van der Waals surface area contributed by atoms with Crippen LogP contribution in [-0.4, -0.2) is 17.8 Å². The minimum Gasteiger partial charge on any atom is -0.393 e. The van der Waals surface area contributed by atoms with Crippen molar-refractivity contribution in [1.29, 1.82) is 0 Å². The van der Waals surface area contributed by atoms with Gasteiger partial charge in [0.15, 0.2) is 0 Å². The third kappa shape index (κ3) is 3.35. The first-order chi connectivity index (χ1) is 8.18. The Balaban J connectivity index is 1.84. The second kappa shape index (κ2) is 6.05. The van der Waals surface area contributed by atoms with Crippen LogP contribution in [0.3, 0.4) is 0 Å². The van der Waals surface area contributed by atoms with Gasteiger partial charge >= 0.3 is 0 Å². The van der Waals surface area contributed by atoms with Crippen LogP contribution in [0.4, 0.5) is 0 Å². The van der Waals surface area contributed by atoms with E-state index in [0.29, 0.717) is 22.5 Å². The van der Waals surface area contributed by atoms with E-state index in [-0.39, 0.29) is 6.10 Å². The average Bonchev–Trinajstić information content (AvgIpc) is 2.71. The van der Waals surface area contributed by atoms with Gasteiger partial charge in [-0.3, -0.25) is 0 Å². The van der Waals surface area contributed by atoms with Crippen LogP contribution in [0.1, 0.15) is 24.8 Å². The number of rotatable bonds is 4. The van der Waals surface area contributed by atoms with E-state index in [2.05, 4.69) is 5.32 Å². The SMILES string of the molecule is OC1CCCC1CNCc1cccc(Cl)c1Cl. The third-order valence-electron chi connectivity index (χ3n) is 3.37. The van der Waals surface area contributed by atoms with Crippen molar-refractivity contribution in [1.82, 2.24) is 5.32 Å². The predicted octanol–water partition coefficient (Wildman–Crippen LogP) is 3.24. The number of hydrogen-bond acceptors (Lipinski definition) is 2. The van der Waals surface area contributed by atoms with Crippen LogP contribution in [0.25, 0.3) is 0 Å². The summed E-state index contributed by atoms with van der Waals surface area (Å²) < 4.78 is 0. The molecule has 0 aliphatic heterocycles. The van der Waals surface area contributed by atoms with Crippen molar-refractivity contribution in [2.24, 2.45) is 5.92 Å². The zero-order valence-corrected chi connectivity index (χ0v) is 11.1. The smallest absolute Gasteiger partial charge is 0.0637 e. The van der Waals surface area contributed by atoms with E-state index in [4.69, 9.17) is 23.2 Å². The molecule has 1 aliphatic rings. The van der Waals surface area contributed by atoms with Crippen LogP contribution in [0.5, 0.6) is 0 Å². The predicted molar refractivity (Wildman–Crippen MR) is 71.5 cm³/mol. The maximum Gasteiger partial charge on any atom is 0.0637 e. The molecule has 0 bridgehead atoms. The summed E-state index contributed by atoms with van der Waals surface area (Å²) in [7, 11) is 0. The van der Waals surface area contributed by atoms with Gasteiger partial charge in [0, 0.05) is 13.1 Å². The van der Waals surface area contributed by atoms with Gasteiger partial charge in [0.05, 0.1) is 16.1 Å². The van der Waals surface area contributed by atoms with Gasteiger partial charge in [-0.1, -0.05) is 41.8 Å². The molecule has 4 heteroatoms. The van der Waals surface area contributed by atoms with Crippen LogP contribution in [0, 0.1) is 5.92 Å². The van der Waals surface area contributed by atoms with Gasteiger partial charge < -0.3 is 10.4 Å². The molecule has 17 heavy (non-hydrogen) atoms. The molecule has 0 radical (unpaired) electrons. The van der Waals surface area contributed by atoms with Crippen molar-refractivity contribution in [2.75, 3.05) is 6.54 Å². The largest absolute Gasteiger partial charge is 0.393 e. The van der Waals surface area contributed by atoms with Crippen LogP contribution in [0.2, 0.25) is 10.0 Å². The lowest BCUT2D eigenvalue weighted by Gasteiger charge is -2.15. The van der Waals surface area contributed by atoms with E-state index < -0.39 is 0 Å². The highest BCUT2D eigenvalue weighted by atomic mass is 35.5.